The summed E-state index contributed by atoms with van der Waals surface area (Å²) in [6, 6.07) is 5.01. The fourth-order valence-corrected chi connectivity index (χ4v) is 3.79. The number of aromatic nitrogens is 2. The van der Waals surface area contributed by atoms with Crippen molar-refractivity contribution in [2.75, 3.05) is 11.8 Å². The number of aryl methyl sites for hydroxylation is 1. The summed E-state index contributed by atoms with van der Waals surface area (Å²) in [5.74, 6) is 0.320. The van der Waals surface area contributed by atoms with E-state index in [0.29, 0.717) is 16.6 Å². The molecule has 98 valence electrons. The quantitative estimate of drug-likeness (QED) is 0.860. The largest absolute Gasteiger partial charge is 0.315 e. The second-order valence-electron chi connectivity index (χ2n) is 3.73. The molecule has 0 atom stereocenters. The zero-order valence-corrected chi connectivity index (χ0v) is 11.7. The van der Waals surface area contributed by atoms with Gasteiger partial charge in [-0.3, -0.25) is 9.40 Å². The van der Waals surface area contributed by atoms with E-state index < -0.39 is 10.0 Å². The van der Waals surface area contributed by atoms with Gasteiger partial charge in [0, 0.05) is 30.7 Å². The second kappa shape index (κ2) is 5.09. The molecule has 0 aromatic carbocycles. The average Bonchev–Trinajstić information content (AvgIpc) is 2.88. The van der Waals surface area contributed by atoms with E-state index in [9.17, 15) is 8.42 Å². The zero-order chi connectivity index (χ0) is 13.2. The predicted octanol–water partition coefficient (Wildman–Crippen LogP) is 1.00. The molecule has 2 heterocycles. The van der Waals surface area contributed by atoms with Crippen LogP contribution in [-0.4, -0.2) is 25.2 Å². The van der Waals surface area contributed by atoms with Gasteiger partial charge in [0.15, 0.2) is 5.82 Å². The molecular weight excluding hydrogens is 272 g/mol. The van der Waals surface area contributed by atoms with Crippen LogP contribution in [0.5, 0.6) is 0 Å². The van der Waals surface area contributed by atoms with Crippen molar-refractivity contribution in [3.63, 3.8) is 0 Å². The molecule has 2 aromatic rings. The summed E-state index contributed by atoms with van der Waals surface area (Å²) in [6.45, 7) is 0.657. The van der Waals surface area contributed by atoms with Crippen molar-refractivity contribution in [3.8, 4) is 0 Å². The smallest absolute Gasteiger partial charge is 0.272 e. The highest BCUT2D eigenvalue weighted by Crippen LogP contribution is 2.23. The zero-order valence-electron chi connectivity index (χ0n) is 10.0. The maximum absolute atomic E-state index is 12.1. The minimum absolute atomic E-state index is 0.290. The van der Waals surface area contributed by atoms with E-state index in [0.717, 1.165) is 4.88 Å². The number of nitrogens with zero attached hydrogens (tertiary/aromatic N) is 2. The van der Waals surface area contributed by atoms with Crippen LogP contribution in [0.1, 0.15) is 4.88 Å². The molecule has 0 fully saturated rings. The van der Waals surface area contributed by atoms with E-state index in [4.69, 9.17) is 0 Å². The number of thiophene rings is 1. The number of anilines is 1. The van der Waals surface area contributed by atoms with Gasteiger partial charge in [-0.05, 0) is 19.2 Å². The lowest BCUT2D eigenvalue weighted by Gasteiger charge is -2.02. The van der Waals surface area contributed by atoms with E-state index in [2.05, 4.69) is 15.1 Å². The molecule has 0 amide bonds. The molecule has 8 heteroatoms. The van der Waals surface area contributed by atoms with Crippen LogP contribution >= 0.6 is 11.3 Å². The summed E-state index contributed by atoms with van der Waals surface area (Å²) in [6.07, 6.45) is 1.68. The van der Waals surface area contributed by atoms with Gasteiger partial charge in [0.05, 0.1) is 0 Å². The molecule has 6 nitrogen and oxygen atoms in total. The molecule has 18 heavy (non-hydrogen) atoms. The Kier molecular flexibility index (Phi) is 3.69. The van der Waals surface area contributed by atoms with E-state index in [1.807, 2.05) is 7.05 Å². The number of sulfonamides is 1. The Morgan fingerprint density at radius 2 is 2.17 bits per heavy atom. The van der Waals surface area contributed by atoms with Crippen molar-refractivity contribution in [2.24, 2.45) is 7.05 Å². The molecule has 0 radical (unpaired) electrons. The topological polar surface area (TPSA) is 76.0 Å². The third-order valence-electron chi connectivity index (χ3n) is 2.21. The van der Waals surface area contributed by atoms with Crippen LogP contribution in [0.2, 0.25) is 0 Å². The summed E-state index contributed by atoms with van der Waals surface area (Å²) in [5.41, 5.74) is 0. The monoisotopic (exact) mass is 286 g/mol. The van der Waals surface area contributed by atoms with E-state index in [1.165, 1.54) is 11.3 Å². The van der Waals surface area contributed by atoms with Crippen LogP contribution in [-0.2, 0) is 23.6 Å². The van der Waals surface area contributed by atoms with Crippen LogP contribution in [0, 0.1) is 0 Å². The van der Waals surface area contributed by atoms with Gasteiger partial charge < -0.3 is 5.32 Å². The van der Waals surface area contributed by atoms with Crippen molar-refractivity contribution in [1.29, 1.82) is 0 Å². The molecular formula is C10H14N4O2S2. The van der Waals surface area contributed by atoms with Gasteiger partial charge >= 0.3 is 0 Å². The van der Waals surface area contributed by atoms with Crippen molar-refractivity contribution in [3.05, 3.63) is 29.3 Å². The Morgan fingerprint density at radius 1 is 1.39 bits per heavy atom. The maximum Gasteiger partial charge on any atom is 0.272 e. The SMILES string of the molecule is CNCc1ccc(S(=O)(=O)Nc2ccn(C)n2)s1. The number of nitrogens with one attached hydrogen (secondary N) is 2. The molecule has 2 aromatic heterocycles. The van der Waals surface area contributed by atoms with Crippen LogP contribution in [0.4, 0.5) is 5.82 Å². The molecule has 2 N–H and O–H groups in total. The standard InChI is InChI=1S/C10H14N4O2S2/c1-11-7-8-3-4-10(17-8)18(15,16)13-9-5-6-14(2)12-9/h3-6,11H,7H2,1-2H3,(H,12,13). The molecule has 0 unspecified atom stereocenters. The molecule has 0 saturated heterocycles. The highest BCUT2D eigenvalue weighted by Gasteiger charge is 2.17. The fourth-order valence-electron chi connectivity index (χ4n) is 1.43. The van der Waals surface area contributed by atoms with Crippen molar-refractivity contribution in [1.82, 2.24) is 15.1 Å². The highest BCUT2D eigenvalue weighted by molar-refractivity contribution is 7.94. The molecule has 2 rings (SSSR count). The van der Waals surface area contributed by atoms with Gasteiger partial charge in [-0.1, -0.05) is 0 Å². The Labute approximate surface area is 110 Å². The van der Waals surface area contributed by atoms with Crippen LogP contribution in [0.15, 0.2) is 28.6 Å². The van der Waals surface area contributed by atoms with Crippen LogP contribution in [0.3, 0.4) is 0 Å². The van der Waals surface area contributed by atoms with E-state index in [-0.39, 0.29) is 0 Å². The van der Waals surface area contributed by atoms with Gasteiger partial charge in [0.1, 0.15) is 4.21 Å². The summed E-state index contributed by atoms with van der Waals surface area (Å²) in [7, 11) is 0.0170. The highest BCUT2D eigenvalue weighted by atomic mass is 32.2. The van der Waals surface area contributed by atoms with Crippen LogP contribution in [0.25, 0.3) is 0 Å². The normalized spacial score (nSPS) is 11.7. The first-order valence-corrected chi connectivity index (χ1v) is 7.57. The third kappa shape index (κ3) is 2.89. The summed E-state index contributed by atoms with van der Waals surface area (Å²) < 4.78 is 28.4. The summed E-state index contributed by atoms with van der Waals surface area (Å²) >= 11 is 1.24. The Balaban J connectivity index is 2.19. The first-order valence-electron chi connectivity index (χ1n) is 5.27. The predicted molar refractivity (Wildman–Crippen MR) is 71.1 cm³/mol. The fraction of sp³-hybridized carbons (Fsp3) is 0.300. The first-order chi connectivity index (χ1) is 8.51. The average molecular weight is 286 g/mol. The molecule has 0 spiro atoms. The Bertz CT molecular complexity index is 630. The Hall–Kier alpha value is -1.38. The summed E-state index contributed by atoms with van der Waals surface area (Å²) in [5, 5.41) is 6.96. The third-order valence-corrected chi connectivity index (χ3v) is 5.14. The second-order valence-corrected chi connectivity index (χ2v) is 6.81. The summed E-state index contributed by atoms with van der Waals surface area (Å²) in [4.78, 5) is 0.971. The van der Waals surface area contributed by atoms with Gasteiger partial charge in [-0.15, -0.1) is 11.3 Å². The lowest BCUT2D eigenvalue weighted by molar-refractivity contribution is 0.603. The maximum atomic E-state index is 12.1. The molecule has 0 saturated carbocycles. The first kappa shape index (κ1) is 13.1. The Morgan fingerprint density at radius 3 is 2.78 bits per heavy atom. The molecule has 0 aliphatic carbocycles. The number of rotatable bonds is 5. The minimum Gasteiger partial charge on any atom is -0.315 e. The lowest BCUT2D eigenvalue weighted by atomic mass is 10.5. The van der Waals surface area contributed by atoms with E-state index in [1.54, 1.807) is 36.1 Å². The van der Waals surface area contributed by atoms with Crippen molar-refractivity contribution in [2.45, 2.75) is 10.8 Å². The van der Waals surface area contributed by atoms with Gasteiger partial charge in [-0.25, -0.2) is 8.42 Å². The number of hydrogen-bond acceptors (Lipinski definition) is 5. The van der Waals surface area contributed by atoms with E-state index >= 15 is 0 Å². The minimum atomic E-state index is -3.53. The van der Waals surface area contributed by atoms with Gasteiger partial charge in [0.2, 0.25) is 0 Å². The van der Waals surface area contributed by atoms with Gasteiger partial charge in [-0.2, -0.15) is 5.10 Å². The van der Waals surface area contributed by atoms with Crippen molar-refractivity contribution >= 4 is 27.2 Å². The molecule has 0 aliphatic heterocycles. The molecule has 0 bridgehead atoms. The number of hydrogen-bond donors (Lipinski definition) is 2. The molecule has 0 aliphatic rings. The van der Waals surface area contributed by atoms with Crippen molar-refractivity contribution < 1.29 is 8.42 Å². The van der Waals surface area contributed by atoms with Crippen LogP contribution < -0.4 is 10.0 Å². The lowest BCUT2D eigenvalue weighted by Crippen LogP contribution is -2.12. The van der Waals surface area contributed by atoms with Gasteiger partial charge in [0.25, 0.3) is 10.0 Å².